The first kappa shape index (κ1) is 11.5. The molecule has 1 unspecified atom stereocenters. The third kappa shape index (κ3) is 2.98. The number of allylic oxidation sites excluding steroid dienone is 3. The average Bonchev–Trinajstić information content (AvgIpc) is 2.01. The molecule has 2 N–H and O–H groups in total. The summed E-state index contributed by atoms with van der Waals surface area (Å²) in [6, 6.07) is 0.294. The van der Waals surface area contributed by atoms with Gasteiger partial charge in [0.15, 0.2) is 0 Å². The van der Waals surface area contributed by atoms with Crippen LogP contribution in [0.5, 0.6) is 0 Å². The predicted molar refractivity (Wildman–Crippen MR) is 63.1 cm³/mol. The van der Waals surface area contributed by atoms with Crippen molar-refractivity contribution in [1.29, 1.82) is 0 Å². The van der Waals surface area contributed by atoms with E-state index < -0.39 is 0 Å². The van der Waals surface area contributed by atoms with Crippen molar-refractivity contribution in [3.05, 3.63) is 23.3 Å². The molecule has 1 rings (SSSR count). The van der Waals surface area contributed by atoms with Crippen LogP contribution in [0.3, 0.4) is 0 Å². The highest BCUT2D eigenvalue weighted by atomic mass is 14.6. The van der Waals surface area contributed by atoms with Gasteiger partial charge in [-0.25, -0.2) is 0 Å². The Morgan fingerprint density at radius 3 is 2.43 bits per heavy atom. The fraction of sp³-hybridized carbons (Fsp3) is 0.692. The number of hydrogen-bond donors (Lipinski definition) is 1. The summed E-state index contributed by atoms with van der Waals surface area (Å²) in [6.45, 7) is 8.94. The Hall–Kier alpha value is -0.560. The molecule has 1 aliphatic rings. The van der Waals surface area contributed by atoms with Crippen LogP contribution in [0.15, 0.2) is 23.3 Å². The molecule has 0 aliphatic heterocycles. The highest BCUT2D eigenvalue weighted by Gasteiger charge is 2.17. The Bertz CT molecular complexity index is 246. The van der Waals surface area contributed by atoms with E-state index in [2.05, 4.69) is 39.8 Å². The summed E-state index contributed by atoms with van der Waals surface area (Å²) in [4.78, 5) is 0. The van der Waals surface area contributed by atoms with Gasteiger partial charge in [0.05, 0.1) is 0 Å². The summed E-state index contributed by atoms with van der Waals surface area (Å²) < 4.78 is 0. The lowest BCUT2D eigenvalue weighted by molar-refractivity contribution is 0.552. The molecule has 0 aromatic rings. The van der Waals surface area contributed by atoms with Gasteiger partial charge in [-0.2, -0.15) is 0 Å². The molecule has 0 heterocycles. The highest BCUT2D eigenvalue weighted by molar-refractivity contribution is 5.27. The van der Waals surface area contributed by atoms with Gasteiger partial charge in [-0.3, -0.25) is 0 Å². The van der Waals surface area contributed by atoms with Crippen LogP contribution >= 0.6 is 0 Å². The lowest BCUT2D eigenvalue weighted by Gasteiger charge is -2.25. The molecule has 0 bridgehead atoms. The van der Waals surface area contributed by atoms with Gasteiger partial charge in [-0.05, 0) is 31.6 Å². The minimum atomic E-state index is 0.294. The first-order chi connectivity index (χ1) is 6.50. The highest BCUT2D eigenvalue weighted by Crippen LogP contribution is 2.31. The summed E-state index contributed by atoms with van der Waals surface area (Å²) in [6.07, 6.45) is 6.83. The van der Waals surface area contributed by atoms with Crippen molar-refractivity contribution < 1.29 is 0 Å². The fourth-order valence-corrected chi connectivity index (χ4v) is 2.28. The van der Waals surface area contributed by atoms with Crippen LogP contribution in [0.25, 0.3) is 0 Å². The van der Waals surface area contributed by atoms with Gasteiger partial charge >= 0.3 is 0 Å². The maximum Gasteiger partial charge on any atom is 0.00477 e. The second-order valence-corrected chi connectivity index (χ2v) is 4.93. The Kier molecular flexibility index (Phi) is 3.94. The Labute approximate surface area is 88.1 Å². The molecule has 0 radical (unpaired) electrons. The SMILES string of the molecule is CC(C)C1=CC=C(C[C@H](C)N)CC1C. The maximum atomic E-state index is 5.80. The Balaban J connectivity index is 2.68. The summed E-state index contributed by atoms with van der Waals surface area (Å²) >= 11 is 0. The van der Waals surface area contributed by atoms with E-state index in [4.69, 9.17) is 5.73 Å². The zero-order chi connectivity index (χ0) is 10.7. The lowest BCUT2D eigenvalue weighted by Crippen LogP contribution is -2.18. The third-order valence-corrected chi connectivity index (χ3v) is 2.90. The molecule has 0 aromatic carbocycles. The Morgan fingerprint density at radius 1 is 1.36 bits per heavy atom. The molecule has 14 heavy (non-hydrogen) atoms. The zero-order valence-electron chi connectivity index (χ0n) is 9.88. The molecule has 1 heteroatoms. The first-order valence-electron chi connectivity index (χ1n) is 5.65. The van der Waals surface area contributed by atoms with E-state index in [0.717, 1.165) is 6.42 Å². The van der Waals surface area contributed by atoms with Crippen LogP contribution in [-0.2, 0) is 0 Å². The van der Waals surface area contributed by atoms with Crippen molar-refractivity contribution in [2.75, 3.05) is 0 Å². The fourth-order valence-electron chi connectivity index (χ4n) is 2.28. The monoisotopic (exact) mass is 193 g/mol. The van der Waals surface area contributed by atoms with E-state index in [1.165, 1.54) is 12.0 Å². The van der Waals surface area contributed by atoms with E-state index in [1.54, 1.807) is 5.57 Å². The van der Waals surface area contributed by atoms with Crippen molar-refractivity contribution in [3.63, 3.8) is 0 Å². The van der Waals surface area contributed by atoms with E-state index in [-0.39, 0.29) is 0 Å². The van der Waals surface area contributed by atoms with Crippen molar-refractivity contribution >= 4 is 0 Å². The van der Waals surface area contributed by atoms with Gasteiger partial charge < -0.3 is 5.73 Å². The number of nitrogens with two attached hydrogens (primary N) is 1. The molecule has 0 aromatic heterocycles. The van der Waals surface area contributed by atoms with Gasteiger partial charge in [0.2, 0.25) is 0 Å². The molecule has 0 fully saturated rings. The predicted octanol–water partition coefficient (Wildman–Crippen LogP) is 3.27. The standard InChI is InChI=1S/C13H23N/c1-9(2)13-6-5-12(7-10(13)3)8-11(4)14/h5-6,9-11H,7-8,14H2,1-4H3/t10?,11-/m0/s1. The van der Waals surface area contributed by atoms with E-state index in [0.29, 0.717) is 17.9 Å². The van der Waals surface area contributed by atoms with Crippen LogP contribution in [0.1, 0.15) is 40.5 Å². The lowest BCUT2D eigenvalue weighted by atomic mass is 9.81. The van der Waals surface area contributed by atoms with Crippen LogP contribution in [0.2, 0.25) is 0 Å². The molecular formula is C13H23N. The van der Waals surface area contributed by atoms with Gasteiger partial charge in [0, 0.05) is 6.04 Å². The molecule has 0 amide bonds. The topological polar surface area (TPSA) is 26.0 Å². The molecule has 80 valence electrons. The molecule has 0 saturated carbocycles. The van der Waals surface area contributed by atoms with Crippen LogP contribution in [-0.4, -0.2) is 6.04 Å². The van der Waals surface area contributed by atoms with E-state index in [9.17, 15) is 0 Å². The van der Waals surface area contributed by atoms with E-state index in [1.807, 2.05) is 0 Å². The first-order valence-corrected chi connectivity index (χ1v) is 5.65. The summed E-state index contributed by atoms with van der Waals surface area (Å²) in [5.74, 6) is 1.38. The summed E-state index contributed by atoms with van der Waals surface area (Å²) in [7, 11) is 0. The normalized spacial score (nSPS) is 24.6. The molecule has 2 atom stereocenters. The van der Waals surface area contributed by atoms with Crippen LogP contribution < -0.4 is 5.73 Å². The van der Waals surface area contributed by atoms with Crippen molar-refractivity contribution in [1.82, 2.24) is 0 Å². The van der Waals surface area contributed by atoms with Crippen LogP contribution in [0.4, 0.5) is 0 Å². The molecule has 1 aliphatic carbocycles. The minimum absolute atomic E-state index is 0.294. The van der Waals surface area contributed by atoms with Crippen molar-refractivity contribution in [3.8, 4) is 0 Å². The summed E-state index contributed by atoms with van der Waals surface area (Å²) in [5, 5.41) is 0. The molecule has 0 saturated heterocycles. The van der Waals surface area contributed by atoms with Crippen molar-refractivity contribution in [2.45, 2.75) is 46.6 Å². The zero-order valence-corrected chi connectivity index (χ0v) is 9.88. The number of rotatable bonds is 3. The second-order valence-electron chi connectivity index (χ2n) is 4.93. The number of hydrogen-bond acceptors (Lipinski definition) is 1. The third-order valence-electron chi connectivity index (χ3n) is 2.90. The van der Waals surface area contributed by atoms with E-state index >= 15 is 0 Å². The maximum absolute atomic E-state index is 5.80. The van der Waals surface area contributed by atoms with Gasteiger partial charge in [-0.15, -0.1) is 0 Å². The van der Waals surface area contributed by atoms with Gasteiger partial charge in [0.25, 0.3) is 0 Å². The molecule has 0 spiro atoms. The average molecular weight is 193 g/mol. The molecule has 1 nitrogen and oxygen atoms in total. The Morgan fingerprint density at radius 2 is 2.00 bits per heavy atom. The largest absolute Gasteiger partial charge is 0.328 e. The molecular weight excluding hydrogens is 170 g/mol. The van der Waals surface area contributed by atoms with Gasteiger partial charge in [0.1, 0.15) is 0 Å². The second kappa shape index (κ2) is 4.79. The van der Waals surface area contributed by atoms with Crippen molar-refractivity contribution in [2.24, 2.45) is 17.6 Å². The van der Waals surface area contributed by atoms with Crippen LogP contribution in [0, 0.1) is 11.8 Å². The van der Waals surface area contributed by atoms with Gasteiger partial charge in [-0.1, -0.05) is 44.1 Å². The smallest absolute Gasteiger partial charge is 0.00477 e. The minimum Gasteiger partial charge on any atom is -0.328 e. The summed E-state index contributed by atoms with van der Waals surface area (Å²) in [5.41, 5.74) is 8.89. The quantitative estimate of drug-likeness (QED) is 0.731.